The molecule has 1 N–H and O–H groups in total. The highest BCUT2D eigenvalue weighted by Gasteiger charge is 2.03. The van der Waals surface area contributed by atoms with Gasteiger partial charge in [-0.1, -0.05) is 42.2 Å². The van der Waals surface area contributed by atoms with Gasteiger partial charge in [0.2, 0.25) is 0 Å². The zero-order chi connectivity index (χ0) is 11.3. The summed E-state index contributed by atoms with van der Waals surface area (Å²) in [7, 11) is 0. The summed E-state index contributed by atoms with van der Waals surface area (Å²) >= 11 is 6.45. The van der Waals surface area contributed by atoms with Crippen LogP contribution in [0.25, 0.3) is 0 Å². The lowest BCUT2D eigenvalue weighted by Crippen LogP contribution is -2.10. The number of hydrogen-bond donors (Lipinski definition) is 1. The minimum absolute atomic E-state index is 0.528. The van der Waals surface area contributed by atoms with Crippen LogP contribution < -0.4 is 5.32 Å². The second-order valence-electron chi connectivity index (χ2n) is 3.18. The number of rotatable bonds is 2. The van der Waals surface area contributed by atoms with Crippen LogP contribution in [0, 0.1) is 25.3 Å². The number of aryl methyl sites for hydroxylation is 2. The van der Waals surface area contributed by atoms with E-state index < -0.39 is 0 Å². The van der Waals surface area contributed by atoms with Crippen molar-refractivity contribution in [2.24, 2.45) is 0 Å². The molecule has 0 fully saturated rings. The van der Waals surface area contributed by atoms with Crippen LogP contribution in [0.5, 0.6) is 0 Å². The summed E-state index contributed by atoms with van der Waals surface area (Å²) in [4.78, 5) is 0. The SMILES string of the molecule is Cc1cccc(C)c1CSC(=S)NC#N. The topological polar surface area (TPSA) is 35.8 Å². The number of nitrogens with one attached hydrogen (secondary N) is 1. The van der Waals surface area contributed by atoms with E-state index in [-0.39, 0.29) is 0 Å². The van der Waals surface area contributed by atoms with E-state index in [0.717, 1.165) is 5.75 Å². The average molecular weight is 236 g/mol. The summed E-state index contributed by atoms with van der Waals surface area (Å²) in [5.41, 5.74) is 3.83. The highest BCUT2D eigenvalue weighted by atomic mass is 32.2. The third kappa shape index (κ3) is 3.54. The molecule has 0 spiro atoms. The van der Waals surface area contributed by atoms with Crippen molar-refractivity contribution in [2.45, 2.75) is 19.6 Å². The summed E-state index contributed by atoms with van der Waals surface area (Å²) < 4.78 is 0.528. The first-order chi connectivity index (χ1) is 7.15. The second kappa shape index (κ2) is 5.74. The molecule has 0 saturated heterocycles. The molecule has 78 valence electrons. The molecular weight excluding hydrogens is 224 g/mol. The van der Waals surface area contributed by atoms with Crippen molar-refractivity contribution in [3.05, 3.63) is 34.9 Å². The molecule has 0 radical (unpaired) electrons. The van der Waals surface area contributed by atoms with Crippen LogP contribution in [0.3, 0.4) is 0 Å². The predicted molar refractivity (Wildman–Crippen MR) is 68.6 cm³/mol. The molecule has 1 aromatic carbocycles. The van der Waals surface area contributed by atoms with E-state index in [2.05, 4.69) is 31.3 Å². The van der Waals surface area contributed by atoms with Crippen molar-refractivity contribution in [3.8, 4) is 6.19 Å². The van der Waals surface area contributed by atoms with Crippen LogP contribution in [0.4, 0.5) is 0 Å². The number of thioether (sulfide) groups is 1. The Balaban J connectivity index is 2.66. The zero-order valence-corrected chi connectivity index (χ0v) is 10.3. The minimum atomic E-state index is 0.528. The minimum Gasteiger partial charge on any atom is -0.278 e. The first-order valence-corrected chi connectivity index (χ1v) is 5.91. The number of benzene rings is 1. The average Bonchev–Trinajstić information content (AvgIpc) is 2.17. The van der Waals surface area contributed by atoms with Gasteiger partial charge < -0.3 is 0 Å². The monoisotopic (exact) mass is 236 g/mol. The van der Waals surface area contributed by atoms with Crippen LogP contribution in [0.2, 0.25) is 0 Å². The van der Waals surface area contributed by atoms with Gasteiger partial charge in [0.1, 0.15) is 4.32 Å². The Morgan fingerprint density at radius 3 is 2.60 bits per heavy atom. The zero-order valence-electron chi connectivity index (χ0n) is 8.70. The predicted octanol–water partition coefficient (Wildman–Crippen LogP) is 2.89. The first-order valence-electron chi connectivity index (χ1n) is 4.52. The van der Waals surface area contributed by atoms with Gasteiger partial charge in [-0.05, 0) is 30.5 Å². The number of nitrogens with zero attached hydrogens (tertiary/aromatic N) is 1. The molecule has 1 rings (SSSR count). The third-order valence-corrected chi connectivity index (χ3v) is 3.40. The number of hydrogen-bond acceptors (Lipinski definition) is 3. The molecule has 0 unspecified atom stereocenters. The first kappa shape index (κ1) is 12.0. The Hall–Kier alpha value is -1.05. The standard InChI is InChI=1S/C11H12N2S2/c1-8-4-3-5-9(2)10(8)6-15-11(14)13-7-12/h3-5H,6H2,1-2H3,(H,13,14). The fourth-order valence-electron chi connectivity index (χ4n) is 1.30. The Morgan fingerprint density at radius 2 is 2.07 bits per heavy atom. The van der Waals surface area contributed by atoms with Gasteiger partial charge in [0.05, 0.1) is 0 Å². The van der Waals surface area contributed by atoms with Crippen molar-refractivity contribution in [3.63, 3.8) is 0 Å². The molecule has 0 amide bonds. The van der Waals surface area contributed by atoms with Crippen molar-refractivity contribution < 1.29 is 0 Å². The van der Waals surface area contributed by atoms with Gasteiger partial charge in [-0.2, -0.15) is 5.26 Å². The quantitative estimate of drug-likeness (QED) is 0.486. The maximum Gasteiger partial charge on any atom is 0.182 e. The van der Waals surface area contributed by atoms with E-state index >= 15 is 0 Å². The highest BCUT2D eigenvalue weighted by molar-refractivity contribution is 8.22. The highest BCUT2D eigenvalue weighted by Crippen LogP contribution is 2.20. The van der Waals surface area contributed by atoms with E-state index in [1.165, 1.54) is 28.5 Å². The molecule has 0 aliphatic carbocycles. The van der Waals surface area contributed by atoms with Crippen LogP contribution in [-0.2, 0) is 5.75 Å². The molecule has 0 aromatic heterocycles. The normalized spacial score (nSPS) is 9.40. The molecule has 0 heterocycles. The van der Waals surface area contributed by atoms with E-state index in [1.807, 2.05) is 12.3 Å². The summed E-state index contributed by atoms with van der Waals surface area (Å²) in [6, 6.07) is 6.22. The smallest absolute Gasteiger partial charge is 0.182 e. The largest absolute Gasteiger partial charge is 0.278 e. The van der Waals surface area contributed by atoms with Gasteiger partial charge in [-0.15, -0.1) is 0 Å². The maximum absolute atomic E-state index is 8.38. The van der Waals surface area contributed by atoms with Crippen LogP contribution in [0.1, 0.15) is 16.7 Å². The van der Waals surface area contributed by atoms with Gasteiger partial charge in [-0.25, -0.2) is 0 Å². The Kier molecular flexibility index (Phi) is 4.60. The molecule has 0 saturated carbocycles. The Morgan fingerprint density at radius 1 is 1.47 bits per heavy atom. The van der Waals surface area contributed by atoms with Gasteiger partial charge in [-0.3, -0.25) is 5.32 Å². The molecule has 0 aliphatic rings. The summed E-state index contributed by atoms with van der Waals surface area (Å²) in [6.45, 7) is 4.17. The van der Waals surface area contributed by atoms with Crippen molar-refractivity contribution in [2.75, 3.05) is 0 Å². The fourth-order valence-corrected chi connectivity index (χ4v) is 2.37. The molecular formula is C11H12N2S2. The van der Waals surface area contributed by atoms with Crippen LogP contribution in [0.15, 0.2) is 18.2 Å². The van der Waals surface area contributed by atoms with Crippen LogP contribution in [-0.4, -0.2) is 4.32 Å². The van der Waals surface area contributed by atoms with Crippen LogP contribution >= 0.6 is 24.0 Å². The lowest BCUT2D eigenvalue weighted by molar-refractivity contribution is 1.24. The van der Waals surface area contributed by atoms with E-state index in [4.69, 9.17) is 17.5 Å². The lowest BCUT2D eigenvalue weighted by Gasteiger charge is -2.08. The van der Waals surface area contributed by atoms with Gasteiger partial charge in [0.15, 0.2) is 6.19 Å². The summed E-state index contributed by atoms with van der Waals surface area (Å²) in [6.07, 6.45) is 1.82. The second-order valence-corrected chi connectivity index (χ2v) is 4.84. The third-order valence-electron chi connectivity index (χ3n) is 2.15. The van der Waals surface area contributed by atoms with E-state index in [0.29, 0.717) is 4.32 Å². The van der Waals surface area contributed by atoms with Crippen molar-refractivity contribution in [1.29, 1.82) is 5.26 Å². The molecule has 15 heavy (non-hydrogen) atoms. The van der Waals surface area contributed by atoms with E-state index in [9.17, 15) is 0 Å². The molecule has 0 atom stereocenters. The Bertz CT molecular complexity index is 387. The Labute approximate surface area is 99.7 Å². The summed E-state index contributed by atoms with van der Waals surface area (Å²) in [5.74, 6) is 0.812. The molecule has 0 aliphatic heterocycles. The number of thiocarbonyl (C=S) groups is 1. The maximum atomic E-state index is 8.38. The molecule has 2 nitrogen and oxygen atoms in total. The lowest BCUT2D eigenvalue weighted by atomic mass is 10.1. The summed E-state index contributed by atoms with van der Waals surface area (Å²) in [5, 5.41) is 10.8. The van der Waals surface area contributed by atoms with Gasteiger partial charge >= 0.3 is 0 Å². The number of nitriles is 1. The van der Waals surface area contributed by atoms with E-state index in [1.54, 1.807) is 0 Å². The molecule has 1 aromatic rings. The fraction of sp³-hybridized carbons (Fsp3) is 0.273. The van der Waals surface area contributed by atoms with Gasteiger partial charge in [0.25, 0.3) is 0 Å². The van der Waals surface area contributed by atoms with Crippen molar-refractivity contribution >= 4 is 28.3 Å². The molecule has 0 bridgehead atoms. The van der Waals surface area contributed by atoms with Gasteiger partial charge in [0, 0.05) is 5.75 Å². The molecule has 4 heteroatoms. The van der Waals surface area contributed by atoms with Crippen molar-refractivity contribution in [1.82, 2.24) is 5.32 Å².